The molecule has 6 heteroatoms. The maximum atomic E-state index is 6.06. The van der Waals surface area contributed by atoms with Gasteiger partial charge in [0.2, 0.25) is 0 Å². The number of hydrogen-bond acceptors (Lipinski definition) is 5. The van der Waals surface area contributed by atoms with Gasteiger partial charge in [0.25, 0.3) is 0 Å². The van der Waals surface area contributed by atoms with Crippen LogP contribution in [0.25, 0.3) is 0 Å². The van der Waals surface area contributed by atoms with E-state index in [2.05, 4.69) is 14.9 Å². The molecular formula is C13H15ClN4S. The van der Waals surface area contributed by atoms with Crippen molar-refractivity contribution < 1.29 is 0 Å². The molecule has 0 unspecified atom stereocenters. The average molecular weight is 295 g/mol. The van der Waals surface area contributed by atoms with E-state index in [0.29, 0.717) is 10.0 Å². The first-order valence-corrected chi connectivity index (χ1v) is 6.92. The fourth-order valence-corrected chi connectivity index (χ4v) is 2.59. The maximum Gasteiger partial charge on any atom is 0.116 e. The molecule has 0 bridgehead atoms. The van der Waals surface area contributed by atoms with Gasteiger partial charge in [-0.05, 0) is 50.0 Å². The van der Waals surface area contributed by atoms with Gasteiger partial charge in [-0.15, -0.1) is 0 Å². The van der Waals surface area contributed by atoms with Crippen LogP contribution in [0.4, 0.5) is 10.7 Å². The molecule has 0 spiro atoms. The second-order valence-electron chi connectivity index (χ2n) is 4.28. The standard InChI is InChI=1S/C13H15ClN4S/c1-7-4-5-10(6-11(7)14)17-16-8(2)12-9(3)18-19-13(12)15/h4-6,17H,15H2,1-3H3/b16-8-. The smallest absolute Gasteiger partial charge is 0.116 e. The highest BCUT2D eigenvalue weighted by Crippen LogP contribution is 2.23. The summed E-state index contributed by atoms with van der Waals surface area (Å²) in [4.78, 5) is 0. The first-order chi connectivity index (χ1) is 8.99. The molecule has 0 fully saturated rings. The van der Waals surface area contributed by atoms with Crippen LogP contribution in [-0.2, 0) is 0 Å². The topological polar surface area (TPSA) is 63.3 Å². The van der Waals surface area contributed by atoms with Gasteiger partial charge in [0.1, 0.15) is 5.00 Å². The Morgan fingerprint density at radius 1 is 1.42 bits per heavy atom. The van der Waals surface area contributed by atoms with Crippen molar-refractivity contribution in [3.8, 4) is 0 Å². The Hall–Kier alpha value is -1.59. The number of hydrazone groups is 1. The molecule has 1 aromatic carbocycles. The molecule has 100 valence electrons. The van der Waals surface area contributed by atoms with Crippen molar-refractivity contribution in [2.75, 3.05) is 11.2 Å². The van der Waals surface area contributed by atoms with Crippen LogP contribution in [0, 0.1) is 13.8 Å². The predicted octanol–water partition coefficient (Wildman–Crippen LogP) is 3.83. The summed E-state index contributed by atoms with van der Waals surface area (Å²) in [6, 6.07) is 5.72. The summed E-state index contributed by atoms with van der Waals surface area (Å²) in [5.74, 6) is 0. The lowest BCUT2D eigenvalue weighted by atomic mass is 10.2. The van der Waals surface area contributed by atoms with E-state index in [1.807, 2.05) is 39.0 Å². The Morgan fingerprint density at radius 3 is 2.74 bits per heavy atom. The van der Waals surface area contributed by atoms with Crippen LogP contribution in [0.3, 0.4) is 0 Å². The molecule has 0 radical (unpaired) electrons. The fraction of sp³-hybridized carbons (Fsp3) is 0.231. The third-order valence-corrected chi connectivity index (χ3v) is 3.95. The molecule has 0 aliphatic heterocycles. The minimum atomic E-state index is 0.683. The van der Waals surface area contributed by atoms with Gasteiger partial charge in [0.05, 0.1) is 22.7 Å². The molecule has 2 aromatic rings. The molecule has 0 aliphatic carbocycles. The first-order valence-electron chi connectivity index (χ1n) is 5.77. The number of benzene rings is 1. The van der Waals surface area contributed by atoms with Crippen LogP contribution in [0.15, 0.2) is 23.3 Å². The predicted molar refractivity (Wildman–Crippen MR) is 83.3 cm³/mol. The number of nitrogens with one attached hydrogen (secondary N) is 1. The highest BCUT2D eigenvalue weighted by Gasteiger charge is 2.10. The Kier molecular flexibility index (Phi) is 4.07. The molecule has 1 aromatic heterocycles. The summed E-state index contributed by atoms with van der Waals surface area (Å²) in [7, 11) is 0. The fourth-order valence-electron chi connectivity index (χ4n) is 1.69. The van der Waals surface area contributed by atoms with E-state index in [1.54, 1.807) is 0 Å². The summed E-state index contributed by atoms with van der Waals surface area (Å²) in [6.07, 6.45) is 0. The molecule has 4 nitrogen and oxygen atoms in total. The summed E-state index contributed by atoms with van der Waals surface area (Å²) in [5.41, 5.74) is 13.3. The van der Waals surface area contributed by atoms with Crippen LogP contribution in [-0.4, -0.2) is 10.1 Å². The van der Waals surface area contributed by atoms with Crippen LogP contribution in [0.5, 0.6) is 0 Å². The number of nitrogens with two attached hydrogens (primary N) is 1. The van der Waals surface area contributed by atoms with Crippen LogP contribution < -0.4 is 11.2 Å². The minimum Gasteiger partial charge on any atom is -0.389 e. The minimum absolute atomic E-state index is 0.683. The van der Waals surface area contributed by atoms with E-state index < -0.39 is 0 Å². The van der Waals surface area contributed by atoms with Crippen molar-refractivity contribution in [2.45, 2.75) is 20.8 Å². The number of rotatable bonds is 3. The van der Waals surface area contributed by atoms with Crippen molar-refractivity contribution >= 4 is 39.5 Å². The van der Waals surface area contributed by atoms with E-state index in [1.165, 1.54) is 11.5 Å². The largest absolute Gasteiger partial charge is 0.389 e. The quantitative estimate of drug-likeness (QED) is 0.668. The van der Waals surface area contributed by atoms with Crippen LogP contribution in [0.2, 0.25) is 5.02 Å². The SMILES string of the molecule is C/C(=N/Nc1ccc(C)c(Cl)c1)c1c(C)nsc1N. The van der Waals surface area contributed by atoms with Gasteiger partial charge in [-0.25, -0.2) is 0 Å². The normalized spacial score (nSPS) is 11.7. The highest BCUT2D eigenvalue weighted by molar-refractivity contribution is 7.10. The summed E-state index contributed by atoms with van der Waals surface area (Å²) in [5, 5.41) is 5.72. The molecule has 0 saturated carbocycles. The molecule has 0 amide bonds. The third-order valence-electron chi connectivity index (χ3n) is 2.78. The van der Waals surface area contributed by atoms with Gasteiger partial charge in [-0.3, -0.25) is 5.43 Å². The number of aromatic nitrogens is 1. The Balaban J connectivity index is 2.20. The van der Waals surface area contributed by atoms with Gasteiger partial charge in [0, 0.05) is 5.02 Å². The van der Waals surface area contributed by atoms with Crippen LogP contribution >= 0.6 is 23.1 Å². The lowest BCUT2D eigenvalue weighted by Gasteiger charge is -2.05. The van der Waals surface area contributed by atoms with Crippen molar-refractivity contribution in [1.29, 1.82) is 0 Å². The second-order valence-corrected chi connectivity index (χ2v) is 5.49. The highest BCUT2D eigenvalue weighted by atomic mass is 35.5. The molecule has 1 heterocycles. The second kappa shape index (κ2) is 5.59. The number of nitrogen functional groups attached to an aromatic ring is 1. The maximum absolute atomic E-state index is 6.06. The number of hydrogen-bond donors (Lipinski definition) is 2. The number of nitrogens with zero attached hydrogens (tertiary/aromatic N) is 2. The monoisotopic (exact) mass is 294 g/mol. The molecular weight excluding hydrogens is 280 g/mol. The zero-order valence-electron chi connectivity index (χ0n) is 11.0. The Morgan fingerprint density at radius 2 is 2.16 bits per heavy atom. The van der Waals surface area contributed by atoms with Gasteiger partial charge < -0.3 is 5.73 Å². The zero-order chi connectivity index (χ0) is 14.0. The zero-order valence-corrected chi connectivity index (χ0v) is 12.6. The Labute approximate surface area is 121 Å². The summed E-state index contributed by atoms with van der Waals surface area (Å²) in [6.45, 7) is 5.78. The van der Waals surface area contributed by atoms with Crippen LogP contribution in [0.1, 0.15) is 23.7 Å². The molecule has 0 saturated heterocycles. The summed E-state index contributed by atoms with van der Waals surface area (Å²) >= 11 is 7.35. The Bertz CT molecular complexity index is 614. The molecule has 19 heavy (non-hydrogen) atoms. The third kappa shape index (κ3) is 3.05. The lowest BCUT2D eigenvalue weighted by molar-refractivity contribution is 1.28. The van der Waals surface area contributed by atoms with E-state index in [0.717, 1.165) is 28.2 Å². The van der Waals surface area contributed by atoms with Gasteiger partial charge in [0.15, 0.2) is 0 Å². The van der Waals surface area contributed by atoms with E-state index >= 15 is 0 Å². The molecule has 2 rings (SSSR count). The number of halogens is 1. The number of anilines is 2. The average Bonchev–Trinajstić information content (AvgIpc) is 2.70. The molecule has 0 atom stereocenters. The van der Waals surface area contributed by atoms with Crippen molar-refractivity contribution in [3.63, 3.8) is 0 Å². The van der Waals surface area contributed by atoms with E-state index in [-0.39, 0.29) is 0 Å². The van der Waals surface area contributed by atoms with Crippen molar-refractivity contribution in [1.82, 2.24) is 4.37 Å². The van der Waals surface area contributed by atoms with Gasteiger partial charge in [-0.2, -0.15) is 9.47 Å². The molecule has 3 N–H and O–H groups in total. The number of aryl methyl sites for hydroxylation is 2. The van der Waals surface area contributed by atoms with E-state index in [9.17, 15) is 0 Å². The van der Waals surface area contributed by atoms with E-state index in [4.69, 9.17) is 17.3 Å². The van der Waals surface area contributed by atoms with Crippen molar-refractivity contribution in [2.24, 2.45) is 5.10 Å². The first kappa shape index (κ1) is 13.8. The van der Waals surface area contributed by atoms with Gasteiger partial charge >= 0.3 is 0 Å². The van der Waals surface area contributed by atoms with Crippen molar-refractivity contribution in [3.05, 3.63) is 40.0 Å². The molecule has 0 aliphatic rings. The lowest BCUT2D eigenvalue weighted by Crippen LogP contribution is -2.03. The van der Waals surface area contributed by atoms with Gasteiger partial charge in [-0.1, -0.05) is 17.7 Å². The summed E-state index contributed by atoms with van der Waals surface area (Å²) < 4.78 is 4.20.